The summed E-state index contributed by atoms with van der Waals surface area (Å²) in [6, 6.07) is 1.98. The van der Waals surface area contributed by atoms with Gasteiger partial charge in [-0.3, -0.25) is 0 Å². The lowest BCUT2D eigenvalue weighted by atomic mass is 9.52. The highest BCUT2D eigenvalue weighted by Gasteiger charge is 2.73. The van der Waals surface area contributed by atoms with E-state index in [0.717, 1.165) is 43.2 Å². The van der Waals surface area contributed by atoms with E-state index >= 15 is 0 Å². The molecule has 0 N–H and O–H groups in total. The summed E-state index contributed by atoms with van der Waals surface area (Å²) >= 11 is 0. The van der Waals surface area contributed by atoms with Crippen molar-refractivity contribution in [1.82, 2.24) is 0 Å². The number of esters is 1. The van der Waals surface area contributed by atoms with E-state index in [-0.39, 0.29) is 23.8 Å². The molecule has 1 spiro atoms. The van der Waals surface area contributed by atoms with Gasteiger partial charge in [0.1, 0.15) is 5.60 Å². The maximum absolute atomic E-state index is 12.4. The summed E-state index contributed by atoms with van der Waals surface area (Å²) in [7, 11) is 1.45. The van der Waals surface area contributed by atoms with E-state index < -0.39 is 5.60 Å². The minimum atomic E-state index is -0.524. The second-order valence-electron chi connectivity index (χ2n) is 8.02. The molecule has 2 saturated heterocycles. The van der Waals surface area contributed by atoms with Gasteiger partial charge in [-0.15, -0.1) is 0 Å². The SMILES string of the molecule is COC(=O)C1=CCC[C@@H]2[C@]34C[C@@H](c5ccoc5)O[C@@H]3O[C@]12CC[C@H]4C. The summed E-state index contributed by atoms with van der Waals surface area (Å²) in [5.41, 5.74) is 1.24. The third-order valence-electron chi connectivity index (χ3n) is 7.24. The van der Waals surface area contributed by atoms with Crippen molar-refractivity contribution >= 4 is 5.97 Å². The molecule has 3 heterocycles. The Labute approximate surface area is 147 Å². The van der Waals surface area contributed by atoms with Gasteiger partial charge in [0, 0.05) is 16.9 Å². The molecule has 4 aliphatic rings. The van der Waals surface area contributed by atoms with E-state index in [1.54, 1.807) is 12.5 Å². The van der Waals surface area contributed by atoms with Crippen molar-refractivity contribution in [3.8, 4) is 0 Å². The lowest BCUT2D eigenvalue weighted by Crippen LogP contribution is -2.52. The van der Waals surface area contributed by atoms with Crippen LogP contribution < -0.4 is 0 Å². The number of rotatable bonds is 2. The van der Waals surface area contributed by atoms with Crippen LogP contribution in [0.4, 0.5) is 0 Å². The molecule has 1 aromatic heterocycles. The Balaban J connectivity index is 1.57. The Hall–Kier alpha value is -1.59. The molecule has 5 heteroatoms. The highest BCUT2D eigenvalue weighted by Crippen LogP contribution is 2.71. The average molecular weight is 344 g/mol. The highest BCUT2D eigenvalue weighted by molar-refractivity contribution is 5.91. The van der Waals surface area contributed by atoms with E-state index in [2.05, 4.69) is 6.92 Å². The first kappa shape index (κ1) is 15.6. The lowest BCUT2D eigenvalue weighted by Gasteiger charge is -2.50. The first-order valence-electron chi connectivity index (χ1n) is 9.26. The van der Waals surface area contributed by atoms with Crippen LogP contribution in [0.15, 0.2) is 34.7 Å². The summed E-state index contributed by atoms with van der Waals surface area (Å²) < 4.78 is 23.3. The third kappa shape index (κ3) is 1.83. The average Bonchev–Trinajstić information content (AvgIpc) is 3.30. The zero-order chi connectivity index (χ0) is 17.2. The van der Waals surface area contributed by atoms with Gasteiger partial charge in [-0.25, -0.2) is 4.79 Å². The number of furan rings is 1. The summed E-state index contributed by atoms with van der Waals surface area (Å²) in [4.78, 5) is 12.4. The first-order valence-corrected chi connectivity index (χ1v) is 9.26. The first-order chi connectivity index (χ1) is 12.1. The van der Waals surface area contributed by atoms with Gasteiger partial charge >= 0.3 is 5.97 Å². The maximum Gasteiger partial charge on any atom is 0.336 e. The molecule has 5 nitrogen and oxygen atoms in total. The molecule has 134 valence electrons. The van der Waals surface area contributed by atoms with Crippen molar-refractivity contribution in [2.45, 2.75) is 57.0 Å². The zero-order valence-electron chi connectivity index (χ0n) is 14.7. The van der Waals surface area contributed by atoms with Crippen LogP contribution in [-0.4, -0.2) is 25.0 Å². The molecule has 25 heavy (non-hydrogen) atoms. The van der Waals surface area contributed by atoms with Crippen LogP contribution >= 0.6 is 0 Å². The minimum absolute atomic E-state index is 0.00906. The van der Waals surface area contributed by atoms with Crippen LogP contribution in [0.2, 0.25) is 0 Å². The van der Waals surface area contributed by atoms with Gasteiger partial charge < -0.3 is 18.6 Å². The highest BCUT2D eigenvalue weighted by atomic mass is 16.7. The predicted octanol–water partition coefficient (Wildman–Crippen LogP) is 3.76. The monoisotopic (exact) mass is 344 g/mol. The standard InChI is InChI=1S/C20H24O5/c1-12-6-8-20-14(17(21)22-2)4-3-5-16(20)19(12)10-15(24-18(19)25-20)13-7-9-23-11-13/h4,7,9,11-12,15-16,18H,3,5-6,8,10H2,1-2H3/t12-,15+,16-,18-,19-,20-/m1/s1. The third-order valence-corrected chi connectivity index (χ3v) is 7.24. The molecule has 0 amide bonds. The van der Waals surface area contributed by atoms with Crippen LogP contribution in [0.25, 0.3) is 0 Å². The number of ether oxygens (including phenoxy) is 3. The molecule has 2 bridgehead atoms. The molecule has 2 aliphatic carbocycles. The van der Waals surface area contributed by atoms with Crippen LogP contribution in [-0.2, 0) is 19.0 Å². The lowest BCUT2D eigenvalue weighted by molar-refractivity contribution is -0.175. The second-order valence-corrected chi connectivity index (χ2v) is 8.02. The summed E-state index contributed by atoms with van der Waals surface area (Å²) in [6.45, 7) is 2.32. The van der Waals surface area contributed by atoms with Crippen LogP contribution in [0.5, 0.6) is 0 Å². The molecule has 3 fully saturated rings. The second kappa shape index (κ2) is 5.21. The number of carbonyl (C=O) groups is 1. The smallest absolute Gasteiger partial charge is 0.336 e. The summed E-state index contributed by atoms with van der Waals surface area (Å²) in [6.07, 6.45) is 10.0. The minimum Gasteiger partial charge on any atom is -0.472 e. The number of methoxy groups -OCH3 is 1. The molecule has 6 atom stereocenters. The number of hydrogen-bond acceptors (Lipinski definition) is 5. The predicted molar refractivity (Wildman–Crippen MR) is 88.4 cm³/mol. The molecular weight excluding hydrogens is 320 g/mol. The van der Waals surface area contributed by atoms with Gasteiger partial charge in [0.15, 0.2) is 6.29 Å². The number of hydrogen-bond donors (Lipinski definition) is 0. The quantitative estimate of drug-likeness (QED) is 0.765. The molecular formula is C20H24O5. The Morgan fingerprint density at radius 1 is 1.36 bits per heavy atom. The van der Waals surface area contributed by atoms with Crippen LogP contribution in [0.3, 0.4) is 0 Å². The van der Waals surface area contributed by atoms with Gasteiger partial charge in [-0.05, 0) is 44.1 Å². The normalized spacial score (nSPS) is 44.8. The van der Waals surface area contributed by atoms with Gasteiger partial charge in [0.05, 0.1) is 31.3 Å². The number of carbonyl (C=O) groups excluding carboxylic acids is 1. The fraction of sp³-hybridized carbons (Fsp3) is 0.650. The van der Waals surface area contributed by atoms with Crippen molar-refractivity contribution in [1.29, 1.82) is 0 Å². The van der Waals surface area contributed by atoms with Crippen molar-refractivity contribution in [2.24, 2.45) is 17.3 Å². The summed E-state index contributed by atoms with van der Waals surface area (Å²) in [5, 5.41) is 0. The molecule has 0 unspecified atom stereocenters. The largest absolute Gasteiger partial charge is 0.472 e. The van der Waals surface area contributed by atoms with Crippen LogP contribution in [0, 0.1) is 17.3 Å². The van der Waals surface area contributed by atoms with Crippen molar-refractivity contribution < 1.29 is 23.4 Å². The van der Waals surface area contributed by atoms with Gasteiger partial charge in [-0.1, -0.05) is 13.0 Å². The zero-order valence-corrected chi connectivity index (χ0v) is 14.7. The molecule has 0 aromatic carbocycles. The fourth-order valence-electron chi connectivity index (χ4n) is 6.08. The van der Waals surface area contributed by atoms with Gasteiger partial charge in [-0.2, -0.15) is 0 Å². The van der Waals surface area contributed by atoms with Gasteiger partial charge in [0.2, 0.25) is 0 Å². The molecule has 1 saturated carbocycles. The van der Waals surface area contributed by atoms with Crippen molar-refractivity contribution in [3.05, 3.63) is 35.8 Å². The van der Waals surface area contributed by atoms with E-state index in [0.29, 0.717) is 11.8 Å². The molecule has 2 aliphatic heterocycles. The topological polar surface area (TPSA) is 57.9 Å². The van der Waals surface area contributed by atoms with Crippen LogP contribution in [0.1, 0.15) is 50.7 Å². The Morgan fingerprint density at radius 2 is 2.24 bits per heavy atom. The maximum atomic E-state index is 12.4. The van der Waals surface area contributed by atoms with E-state index in [4.69, 9.17) is 18.6 Å². The fourth-order valence-corrected chi connectivity index (χ4v) is 6.08. The molecule has 5 rings (SSSR count). The van der Waals surface area contributed by atoms with Crippen molar-refractivity contribution in [2.75, 3.05) is 7.11 Å². The number of allylic oxidation sites excluding steroid dienone is 1. The summed E-state index contributed by atoms with van der Waals surface area (Å²) in [5.74, 6) is 0.567. The molecule has 0 radical (unpaired) electrons. The Morgan fingerprint density at radius 3 is 3.00 bits per heavy atom. The van der Waals surface area contributed by atoms with E-state index in [9.17, 15) is 4.79 Å². The molecule has 1 aromatic rings. The Kier molecular flexibility index (Phi) is 3.26. The van der Waals surface area contributed by atoms with E-state index in [1.807, 2.05) is 12.1 Å². The van der Waals surface area contributed by atoms with E-state index in [1.165, 1.54) is 7.11 Å². The van der Waals surface area contributed by atoms with Crippen molar-refractivity contribution in [3.63, 3.8) is 0 Å². The Bertz CT molecular complexity index is 722. The van der Waals surface area contributed by atoms with Gasteiger partial charge in [0.25, 0.3) is 0 Å².